The second-order valence-electron chi connectivity index (χ2n) is 6.62. The minimum Gasteiger partial charge on any atom is -0.497 e. The second kappa shape index (κ2) is 8.61. The van der Waals surface area contributed by atoms with E-state index >= 15 is 0 Å². The first-order chi connectivity index (χ1) is 12.7. The number of nitrogens with zero attached hydrogens (tertiary/aromatic N) is 2. The number of hydrogen-bond donors (Lipinski definition) is 1. The van der Waals surface area contributed by atoms with Crippen LogP contribution in [0.2, 0.25) is 0 Å². The number of anilines is 2. The number of aryl methyl sites for hydroxylation is 1. The Morgan fingerprint density at radius 1 is 1.08 bits per heavy atom. The Bertz CT molecular complexity index is 740. The van der Waals surface area contributed by atoms with Crippen molar-refractivity contribution in [3.05, 3.63) is 54.1 Å². The number of rotatable bonds is 6. The predicted molar refractivity (Wildman–Crippen MR) is 106 cm³/mol. The molecule has 5 nitrogen and oxygen atoms in total. The molecule has 1 N–H and O–H groups in total. The molecule has 5 heteroatoms. The number of carbonyl (C=O) groups is 1. The molecule has 0 aromatic heterocycles. The normalized spacial score (nSPS) is 14.2. The fourth-order valence-corrected chi connectivity index (χ4v) is 3.24. The highest BCUT2D eigenvalue weighted by Gasteiger charge is 2.20. The van der Waals surface area contributed by atoms with Gasteiger partial charge in [0.05, 0.1) is 7.11 Å². The van der Waals surface area contributed by atoms with E-state index in [-0.39, 0.29) is 5.91 Å². The molecule has 1 saturated heterocycles. The Hall–Kier alpha value is -2.69. The van der Waals surface area contributed by atoms with Gasteiger partial charge in [-0.15, -0.1) is 0 Å². The van der Waals surface area contributed by atoms with Gasteiger partial charge >= 0.3 is 0 Å². The maximum Gasteiger partial charge on any atom is 0.224 e. The second-order valence-corrected chi connectivity index (χ2v) is 6.62. The number of benzene rings is 2. The molecule has 2 aromatic carbocycles. The molecule has 0 spiro atoms. The van der Waals surface area contributed by atoms with Gasteiger partial charge in [0.2, 0.25) is 5.91 Å². The summed E-state index contributed by atoms with van der Waals surface area (Å²) in [5.74, 6) is 1.03. The smallest absolute Gasteiger partial charge is 0.224 e. The molecule has 26 heavy (non-hydrogen) atoms. The summed E-state index contributed by atoms with van der Waals surface area (Å²) < 4.78 is 5.21. The van der Waals surface area contributed by atoms with Crippen LogP contribution in [0.25, 0.3) is 0 Å². The van der Waals surface area contributed by atoms with Crippen LogP contribution in [0, 0.1) is 6.92 Å². The van der Waals surface area contributed by atoms with Gasteiger partial charge in [-0.1, -0.05) is 18.2 Å². The molecular formula is C21H27N3O2. The average Bonchev–Trinajstić information content (AvgIpc) is 2.68. The molecule has 0 bridgehead atoms. The Morgan fingerprint density at radius 3 is 2.58 bits per heavy atom. The molecule has 1 aliphatic heterocycles. The van der Waals surface area contributed by atoms with Crippen LogP contribution in [0.5, 0.6) is 5.75 Å². The van der Waals surface area contributed by atoms with Crippen LogP contribution in [-0.2, 0) is 4.79 Å². The van der Waals surface area contributed by atoms with Crippen molar-refractivity contribution in [3.8, 4) is 5.75 Å². The van der Waals surface area contributed by atoms with Crippen molar-refractivity contribution in [1.29, 1.82) is 0 Å². The first-order valence-electron chi connectivity index (χ1n) is 9.13. The first kappa shape index (κ1) is 18.1. The van der Waals surface area contributed by atoms with Crippen LogP contribution >= 0.6 is 0 Å². The van der Waals surface area contributed by atoms with Gasteiger partial charge in [0.25, 0.3) is 0 Å². The third kappa shape index (κ3) is 4.69. The Labute approximate surface area is 155 Å². The third-order valence-corrected chi connectivity index (χ3v) is 4.74. The van der Waals surface area contributed by atoms with Crippen molar-refractivity contribution in [1.82, 2.24) is 4.90 Å². The number of methoxy groups -OCH3 is 1. The molecule has 0 unspecified atom stereocenters. The zero-order valence-corrected chi connectivity index (χ0v) is 15.6. The lowest BCUT2D eigenvalue weighted by Gasteiger charge is -2.36. The minimum absolute atomic E-state index is 0.212. The van der Waals surface area contributed by atoms with Crippen LogP contribution in [0.15, 0.2) is 48.5 Å². The number of ether oxygens (including phenoxy) is 1. The van der Waals surface area contributed by atoms with E-state index < -0.39 is 0 Å². The van der Waals surface area contributed by atoms with Gasteiger partial charge in [-0.2, -0.15) is 0 Å². The maximum absolute atomic E-state index is 12.5. The quantitative estimate of drug-likeness (QED) is 0.866. The third-order valence-electron chi connectivity index (χ3n) is 4.74. The largest absolute Gasteiger partial charge is 0.497 e. The minimum atomic E-state index is 0.212. The fraction of sp³-hybridized carbons (Fsp3) is 0.381. The molecule has 0 radical (unpaired) electrons. The van der Waals surface area contributed by atoms with E-state index in [1.165, 1.54) is 11.3 Å². The Morgan fingerprint density at radius 2 is 1.85 bits per heavy atom. The van der Waals surface area contributed by atoms with Crippen LogP contribution in [-0.4, -0.2) is 50.6 Å². The highest BCUT2D eigenvalue weighted by Crippen LogP contribution is 2.19. The van der Waals surface area contributed by atoms with E-state index in [1.54, 1.807) is 7.11 Å². The molecule has 1 heterocycles. The van der Waals surface area contributed by atoms with Crippen LogP contribution < -0.4 is 15.0 Å². The van der Waals surface area contributed by atoms with Gasteiger partial charge < -0.3 is 19.9 Å². The van der Waals surface area contributed by atoms with Crippen LogP contribution in [0.3, 0.4) is 0 Å². The number of amides is 1. The average molecular weight is 353 g/mol. The summed E-state index contributed by atoms with van der Waals surface area (Å²) in [4.78, 5) is 16.8. The molecule has 0 saturated carbocycles. The van der Waals surface area contributed by atoms with Gasteiger partial charge in [0.15, 0.2) is 0 Å². The topological polar surface area (TPSA) is 44.8 Å². The van der Waals surface area contributed by atoms with E-state index in [9.17, 15) is 4.79 Å². The summed E-state index contributed by atoms with van der Waals surface area (Å²) in [5.41, 5.74) is 3.49. The molecule has 1 aliphatic rings. The fourth-order valence-electron chi connectivity index (χ4n) is 3.24. The lowest BCUT2D eigenvalue weighted by Crippen LogP contribution is -2.49. The summed E-state index contributed by atoms with van der Waals surface area (Å²) in [6, 6.07) is 16.3. The molecule has 1 fully saturated rings. The SMILES string of the molecule is COc1cccc(NCCC(=O)N2CCN(c3cccc(C)c3)CC2)c1. The monoisotopic (exact) mass is 353 g/mol. The van der Waals surface area contributed by atoms with Crippen molar-refractivity contribution < 1.29 is 9.53 Å². The number of nitrogens with one attached hydrogen (secondary N) is 1. The van der Waals surface area contributed by atoms with Crippen LogP contribution in [0.4, 0.5) is 11.4 Å². The van der Waals surface area contributed by atoms with Crippen molar-refractivity contribution in [2.45, 2.75) is 13.3 Å². The summed E-state index contributed by atoms with van der Waals surface area (Å²) >= 11 is 0. The molecule has 3 rings (SSSR count). The Balaban J connectivity index is 1.43. The van der Waals surface area contributed by atoms with E-state index in [0.29, 0.717) is 13.0 Å². The van der Waals surface area contributed by atoms with Gasteiger partial charge in [0.1, 0.15) is 5.75 Å². The van der Waals surface area contributed by atoms with E-state index in [1.807, 2.05) is 29.2 Å². The summed E-state index contributed by atoms with van der Waals surface area (Å²) in [6.45, 7) is 6.08. The number of piperazine rings is 1. The highest BCUT2D eigenvalue weighted by molar-refractivity contribution is 5.77. The van der Waals surface area contributed by atoms with E-state index in [4.69, 9.17) is 4.74 Å². The van der Waals surface area contributed by atoms with Crippen molar-refractivity contribution in [3.63, 3.8) is 0 Å². The molecule has 0 aliphatic carbocycles. The van der Waals surface area contributed by atoms with Gasteiger partial charge in [-0.25, -0.2) is 0 Å². The van der Waals surface area contributed by atoms with Gasteiger partial charge in [-0.3, -0.25) is 4.79 Å². The van der Waals surface area contributed by atoms with Crippen LogP contribution in [0.1, 0.15) is 12.0 Å². The van der Waals surface area contributed by atoms with E-state index in [2.05, 4.69) is 41.4 Å². The van der Waals surface area contributed by atoms with Crippen molar-refractivity contribution in [2.75, 3.05) is 50.1 Å². The summed E-state index contributed by atoms with van der Waals surface area (Å²) in [6.07, 6.45) is 0.502. The standard InChI is InChI=1S/C21H27N3O2/c1-17-5-3-7-19(15-17)23-11-13-24(14-12-23)21(25)9-10-22-18-6-4-8-20(16-18)26-2/h3-8,15-16,22H,9-14H2,1-2H3. The van der Waals surface area contributed by atoms with Crippen molar-refractivity contribution in [2.24, 2.45) is 0 Å². The zero-order valence-electron chi connectivity index (χ0n) is 15.6. The molecule has 138 valence electrons. The molecule has 1 amide bonds. The number of carbonyl (C=O) groups excluding carboxylic acids is 1. The molecule has 2 aromatic rings. The highest BCUT2D eigenvalue weighted by atomic mass is 16.5. The lowest BCUT2D eigenvalue weighted by atomic mass is 10.2. The first-order valence-corrected chi connectivity index (χ1v) is 9.13. The lowest BCUT2D eigenvalue weighted by molar-refractivity contribution is -0.131. The molecular weight excluding hydrogens is 326 g/mol. The van der Waals surface area contributed by atoms with Crippen molar-refractivity contribution >= 4 is 17.3 Å². The predicted octanol–water partition coefficient (Wildman–Crippen LogP) is 3.15. The van der Waals surface area contributed by atoms with Gasteiger partial charge in [0, 0.05) is 56.6 Å². The zero-order chi connectivity index (χ0) is 18.4. The summed E-state index contributed by atoms with van der Waals surface area (Å²) in [5, 5.41) is 3.29. The number of hydrogen-bond acceptors (Lipinski definition) is 4. The Kier molecular flexibility index (Phi) is 6.00. The molecule has 0 atom stereocenters. The maximum atomic E-state index is 12.5. The van der Waals surface area contributed by atoms with Gasteiger partial charge in [-0.05, 0) is 36.8 Å². The summed E-state index contributed by atoms with van der Waals surface area (Å²) in [7, 11) is 1.65. The van der Waals surface area contributed by atoms with E-state index in [0.717, 1.165) is 37.6 Å².